The fourth-order valence-electron chi connectivity index (χ4n) is 2.06. The Kier molecular flexibility index (Phi) is 3.76. The molecule has 0 spiro atoms. The van der Waals surface area contributed by atoms with E-state index in [-0.39, 0.29) is 0 Å². The normalized spacial score (nSPS) is 12.8. The number of nitrogens with zero attached hydrogens (tertiary/aromatic N) is 2. The molecule has 4 nitrogen and oxygen atoms in total. The fourth-order valence-corrected chi connectivity index (χ4v) is 3.19. The van der Waals surface area contributed by atoms with Crippen molar-refractivity contribution in [1.82, 2.24) is 4.98 Å². The molecule has 102 valence electrons. The molecule has 1 N–H and O–H groups in total. The van der Waals surface area contributed by atoms with Crippen molar-refractivity contribution in [1.29, 1.82) is 0 Å². The number of hydrogen-bond donors (Lipinski definition) is 1. The third-order valence-electron chi connectivity index (χ3n) is 3.07. The van der Waals surface area contributed by atoms with E-state index in [9.17, 15) is 0 Å². The minimum Gasteiger partial charge on any atom is -0.497 e. The fraction of sp³-hybridized carbons (Fsp3) is 0.143. The Hall–Kier alpha value is -1.40. The zero-order chi connectivity index (χ0) is 14.1. The van der Waals surface area contributed by atoms with Gasteiger partial charge in [0.15, 0.2) is 0 Å². The Labute approximate surface area is 133 Å². The Morgan fingerprint density at radius 2 is 1.95 bits per heavy atom. The molecular weight excluding hydrogens is 386 g/mol. The lowest BCUT2D eigenvalue weighted by Crippen LogP contribution is -2.12. The summed E-state index contributed by atoms with van der Waals surface area (Å²) >= 11 is 6.97. The molecule has 3 rings (SSSR count). The van der Waals surface area contributed by atoms with Crippen molar-refractivity contribution in [3.05, 3.63) is 50.7 Å². The van der Waals surface area contributed by atoms with Crippen LogP contribution in [0.2, 0.25) is 0 Å². The summed E-state index contributed by atoms with van der Waals surface area (Å²) in [5, 5.41) is 3.35. The van der Waals surface area contributed by atoms with Gasteiger partial charge in [-0.25, -0.2) is 0 Å². The molecule has 0 aliphatic carbocycles. The van der Waals surface area contributed by atoms with Gasteiger partial charge in [0, 0.05) is 18.0 Å². The zero-order valence-corrected chi connectivity index (χ0v) is 13.8. The minimum absolute atomic E-state index is 0.662. The average molecular weight is 397 g/mol. The third-order valence-corrected chi connectivity index (χ3v) is 4.27. The van der Waals surface area contributed by atoms with E-state index in [1.54, 1.807) is 19.5 Å². The smallest absolute Gasteiger partial charge is 0.133 e. The van der Waals surface area contributed by atoms with Crippen molar-refractivity contribution in [2.45, 2.75) is 6.54 Å². The number of halogens is 2. The van der Waals surface area contributed by atoms with Gasteiger partial charge in [0.05, 0.1) is 28.3 Å². The van der Waals surface area contributed by atoms with Crippen molar-refractivity contribution in [3.8, 4) is 5.75 Å². The van der Waals surface area contributed by atoms with Gasteiger partial charge in [-0.2, -0.15) is 0 Å². The Morgan fingerprint density at radius 3 is 2.65 bits per heavy atom. The molecule has 1 aliphatic rings. The lowest BCUT2D eigenvalue weighted by atomic mass is 10.1. The quantitative estimate of drug-likeness (QED) is 0.834. The maximum absolute atomic E-state index is 5.24. The van der Waals surface area contributed by atoms with Crippen molar-refractivity contribution in [2.24, 2.45) is 4.99 Å². The SMILES string of the molecule is COc1ccc2c(c1)CN=C2Nc1c(Br)cncc1Br. The zero-order valence-electron chi connectivity index (χ0n) is 10.7. The number of anilines is 1. The highest BCUT2D eigenvalue weighted by atomic mass is 79.9. The molecular formula is C14H11Br2N3O. The number of hydrogen-bond acceptors (Lipinski definition) is 4. The molecule has 0 amide bonds. The number of methoxy groups -OCH3 is 1. The maximum atomic E-state index is 5.24. The highest BCUT2D eigenvalue weighted by molar-refractivity contribution is 9.11. The Bertz CT molecular complexity index is 681. The molecule has 20 heavy (non-hydrogen) atoms. The van der Waals surface area contributed by atoms with Gasteiger partial charge in [-0.05, 0) is 55.6 Å². The van der Waals surface area contributed by atoms with Crippen LogP contribution in [0.15, 0.2) is 44.5 Å². The van der Waals surface area contributed by atoms with Gasteiger partial charge in [-0.3, -0.25) is 9.98 Å². The number of rotatable bonds is 2. The van der Waals surface area contributed by atoms with Crippen molar-refractivity contribution < 1.29 is 4.74 Å². The van der Waals surface area contributed by atoms with Crippen molar-refractivity contribution in [3.63, 3.8) is 0 Å². The van der Waals surface area contributed by atoms with Gasteiger partial charge in [0.25, 0.3) is 0 Å². The predicted octanol–water partition coefficient (Wildman–Crippen LogP) is 3.99. The molecule has 0 unspecified atom stereocenters. The number of pyridine rings is 1. The second kappa shape index (κ2) is 5.54. The van der Waals surface area contributed by atoms with Gasteiger partial charge in [-0.15, -0.1) is 0 Å². The minimum atomic E-state index is 0.662. The summed E-state index contributed by atoms with van der Waals surface area (Å²) in [4.78, 5) is 8.64. The van der Waals surface area contributed by atoms with Crippen LogP contribution in [0.4, 0.5) is 5.69 Å². The molecule has 0 saturated carbocycles. The monoisotopic (exact) mass is 395 g/mol. The first-order valence-corrected chi connectivity index (χ1v) is 7.55. The number of ether oxygens (including phenoxy) is 1. The summed E-state index contributed by atoms with van der Waals surface area (Å²) in [6, 6.07) is 5.98. The van der Waals surface area contributed by atoms with Crippen LogP contribution in [0.25, 0.3) is 0 Å². The van der Waals surface area contributed by atoms with Crippen LogP contribution in [0, 0.1) is 0 Å². The van der Waals surface area contributed by atoms with E-state index in [4.69, 9.17) is 4.74 Å². The number of fused-ring (bicyclic) bond motifs is 1. The van der Waals surface area contributed by atoms with Crippen LogP contribution in [0.1, 0.15) is 11.1 Å². The predicted molar refractivity (Wildman–Crippen MR) is 86.5 cm³/mol. The van der Waals surface area contributed by atoms with Crippen LogP contribution >= 0.6 is 31.9 Å². The molecule has 0 fully saturated rings. The molecule has 0 atom stereocenters. The van der Waals surface area contributed by atoms with E-state index in [1.165, 1.54) is 0 Å². The molecule has 0 bridgehead atoms. The average Bonchev–Trinajstić information content (AvgIpc) is 2.85. The lowest BCUT2D eigenvalue weighted by Gasteiger charge is -2.11. The second-order valence-corrected chi connectivity index (χ2v) is 6.00. The van der Waals surface area contributed by atoms with Gasteiger partial charge >= 0.3 is 0 Å². The summed E-state index contributed by atoms with van der Waals surface area (Å²) < 4.78 is 7.01. The summed E-state index contributed by atoms with van der Waals surface area (Å²) in [6.45, 7) is 0.662. The van der Waals surface area contributed by atoms with Crippen molar-refractivity contribution in [2.75, 3.05) is 12.4 Å². The van der Waals surface area contributed by atoms with Gasteiger partial charge in [0.2, 0.25) is 0 Å². The number of amidine groups is 1. The summed E-state index contributed by atoms with van der Waals surface area (Å²) in [5.41, 5.74) is 3.18. The molecule has 0 radical (unpaired) electrons. The molecule has 0 saturated heterocycles. The first-order chi connectivity index (χ1) is 9.69. The first kappa shape index (κ1) is 13.6. The highest BCUT2D eigenvalue weighted by Gasteiger charge is 2.18. The molecule has 1 aliphatic heterocycles. The first-order valence-electron chi connectivity index (χ1n) is 5.97. The number of nitrogens with one attached hydrogen (secondary N) is 1. The van der Waals surface area contributed by atoms with E-state index in [0.717, 1.165) is 37.3 Å². The summed E-state index contributed by atoms with van der Waals surface area (Å²) in [6.07, 6.45) is 3.50. The van der Waals surface area contributed by atoms with E-state index in [2.05, 4.69) is 47.2 Å². The largest absolute Gasteiger partial charge is 0.497 e. The maximum Gasteiger partial charge on any atom is 0.133 e. The standard InChI is InChI=1S/C14H11Br2N3O/c1-20-9-2-3-10-8(4-9)5-18-14(10)19-13-11(15)6-17-7-12(13)16/h2-4,6-7H,5H2,1H3,(H,17,18,19). The van der Waals surface area contributed by atoms with Crippen LogP contribution < -0.4 is 10.1 Å². The molecule has 2 aromatic rings. The van der Waals surface area contributed by atoms with Gasteiger partial charge in [-0.1, -0.05) is 0 Å². The van der Waals surface area contributed by atoms with Crippen LogP contribution in [-0.2, 0) is 6.54 Å². The van der Waals surface area contributed by atoms with E-state index >= 15 is 0 Å². The number of aliphatic imine (C=N–C) groups is 1. The van der Waals surface area contributed by atoms with Gasteiger partial charge < -0.3 is 10.1 Å². The van der Waals surface area contributed by atoms with E-state index in [0.29, 0.717) is 6.54 Å². The molecule has 1 aromatic carbocycles. The topological polar surface area (TPSA) is 46.5 Å². The third kappa shape index (κ3) is 2.45. The molecule has 2 heterocycles. The van der Waals surface area contributed by atoms with Crippen LogP contribution in [0.5, 0.6) is 5.75 Å². The summed E-state index contributed by atoms with van der Waals surface area (Å²) in [5.74, 6) is 1.71. The van der Waals surface area contributed by atoms with E-state index in [1.807, 2.05) is 18.2 Å². The molecule has 1 aromatic heterocycles. The summed E-state index contributed by atoms with van der Waals surface area (Å²) in [7, 11) is 1.67. The van der Waals surface area contributed by atoms with Crippen LogP contribution in [-0.4, -0.2) is 17.9 Å². The van der Waals surface area contributed by atoms with E-state index < -0.39 is 0 Å². The van der Waals surface area contributed by atoms with Crippen LogP contribution in [0.3, 0.4) is 0 Å². The Balaban J connectivity index is 1.92. The number of benzene rings is 1. The van der Waals surface area contributed by atoms with Crippen molar-refractivity contribution >= 4 is 43.4 Å². The van der Waals surface area contributed by atoms with Gasteiger partial charge in [0.1, 0.15) is 11.6 Å². The second-order valence-electron chi connectivity index (χ2n) is 4.29. The molecule has 6 heteroatoms. The number of aromatic nitrogens is 1. The Morgan fingerprint density at radius 1 is 1.20 bits per heavy atom. The lowest BCUT2D eigenvalue weighted by molar-refractivity contribution is 0.414. The highest BCUT2D eigenvalue weighted by Crippen LogP contribution is 2.32.